The smallest absolute Gasteiger partial charge is 0.242 e. The molecule has 0 radical (unpaired) electrons. The summed E-state index contributed by atoms with van der Waals surface area (Å²) in [6.45, 7) is 2.42. The third-order valence-corrected chi connectivity index (χ3v) is 6.32. The van der Waals surface area contributed by atoms with Crippen molar-refractivity contribution in [2.24, 2.45) is 0 Å². The lowest BCUT2D eigenvalue weighted by molar-refractivity contribution is -0.138. The minimum atomic E-state index is -0.471. The van der Waals surface area contributed by atoms with Crippen molar-refractivity contribution < 1.29 is 9.59 Å². The van der Waals surface area contributed by atoms with Crippen molar-refractivity contribution in [3.05, 3.63) is 69.7 Å². The maximum absolute atomic E-state index is 13.0. The van der Waals surface area contributed by atoms with Gasteiger partial charge in [0.2, 0.25) is 11.8 Å². The first-order valence-corrected chi connectivity index (χ1v) is 11.4. The molecule has 2 amide bonds. The maximum Gasteiger partial charge on any atom is 0.242 e. The number of benzene rings is 2. The second-order valence-electron chi connectivity index (χ2n) is 6.60. The molecule has 4 nitrogen and oxygen atoms in total. The quantitative estimate of drug-likeness (QED) is 0.561. The number of likely N-dealkylation sites (N-methyl/N-ethyl adjacent to an activating group) is 1. The Hall–Kier alpha value is -1.69. The maximum atomic E-state index is 13.0. The molecular formula is C22H26Cl2N2O2S. The van der Waals surface area contributed by atoms with Gasteiger partial charge in [0.1, 0.15) is 6.04 Å². The normalized spacial score (nSPS) is 11.7. The van der Waals surface area contributed by atoms with Crippen LogP contribution in [0, 0.1) is 0 Å². The second-order valence-corrected chi connectivity index (χ2v) is 8.40. The van der Waals surface area contributed by atoms with Gasteiger partial charge in [0.15, 0.2) is 0 Å². The molecule has 2 aromatic rings. The van der Waals surface area contributed by atoms with Crippen molar-refractivity contribution >= 4 is 46.8 Å². The molecule has 0 spiro atoms. The molecule has 7 heteroatoms. The lowest BCUT2D eigenvalue weighted by atomic mass is 10.1. The SMILES string of the molecule is CC[C@H](C(=O)NC)N(CCc1ccccc1)C(=O)CSCc1ccc(Cl)c(Cl)c1. The summed E-state index contributed by atoms with van der Waals surface area (Å²) in [5, 5.41) is 3.70. The molecule has 2 aromatic carbocycles. The van der Waals surface area contributed by atoms with Crippen LogP contribution in [0.25, 0.3) is 0 Å². The van der Waals surface area contributed by atoms with Gasteiger partial charge in [-0.1, -0.05) is 66.5 Å². The van der Waals surface area contributed by atoms with Crippen LogP contribution in [0.5, 0.6) is 0 Å². The standard InChI is InChI=1S/C22H26Cl2N2O2S/c1-3-20(22(28)25-2)26(12-11-16-7-5-4-6-8-16)21(27)15-29-14-17-9-10-18(23)19(24)13-17/h4-10,13,20H,3,11-12,14-15H2,1-2H3,(H,25,28)/t20-/m1/s1. The Labute approximate surface area is 187 Å². The molecule has 2 rings (SSSR count). The van der Waals surface area contributed by atoms with Crippen molar-refractivity contribution in [1.29, 1.82) is 0 Å². The van der Waals surface area contributed by atoms with Gasteiger partial charge in [-0.2, -0.15) is 0 Å². The van der Waals surface area contributed by atoms with E-state index in [4.69, 9.17) is 23.2 Å². The van der Waals surface area contributed by atoms with E-state index < -0.39 is 6.04 Å². The van der Waals surface area contributed by atoms with Crippen molar-refractivity contribution in [2.45, 2.75) is 31.6 Å². The van der Waals surface area contributed by atoms with Crippen LogP contribution >= 0.6 is 35.0 Å². The number of hydrogen-bond donors (Lipinski definition) is 1. The van der Waals surface area contributed by atoms with Crippen LogP contribution in [0.1, 0.15) is 24.5 Å². The molecule has 0 unspecified atom stereocenters. The van der Waals surface area contributed by atoms with Gasteiger partial charge in [-0.05, 0) is 36.1 Å². The highest BCUT2D eigenvalue weighted by Gasteiger charge is 2.27. The molecule has 1 N–H and O–H groups in total. The van der Waals surface area contributed by atoms with Crippen LogP contribution in [0.15, 0.2) is 48.5 Å². The summed E-state index contributed by atoms with van der Waals surface area (Å²) >= 11 is 13.5. The number of thioether (sulfide) groups is 1. The predicted octanol–water partition coefficient (Wildman–Crippen LogP) is 4.82. The van der Waals surface area contributed by atoms with Crippen LogP contribution < -0.4 is 5.32 Å². The molecule has 0 bridgehead atoms. The second kappa shape index (κ2) is 12.1. The number of hydrogen-bond acceptors (Lipinski definition) is 3. The number of rotatable bonds is 10. The lowest BCUT2D eigenvalue weighted by Crippen LogP contribution is -2.50. The summed E-state index contributed by atoms with van der Waals surface area (Å²) in [6.07, 6.45) is 1.27. The topological polar surface area (TPSA) is 49.4 Å². The molecule has 0 aromatic heterocycles. The third kappa shape index (κ3) is 7.25. The summed E-state index contributed by atoms with van der Waals surface area (Å²) in [6, 6.07) is 15.0. The van der Waals surface area contributed by atoms with Crippen molar-refractivity contribution in [2.75, 3.05) is 19.3 Å². The highest BCUT2D eigenvalue weighted by Crippen LogP contribution is 2.25. The Morgan fingerprint density at radius 1 is 1.07 bits per heavy atom. The Morgan fingerprint density at radius 2 is 1.79 bits per heavy atom. The molecule has 0 saturated heterocycles. The Morgan fingerprint density at radius 3 is 2.41 bits per heavy atom. The Kier molecular flexibility index (Phi) is 9.85. The number of nitrogens with one attached hydrogen (secondary N) is 1. The summed E-state index contributed by atoms with van der Waals surface area (Å²) < 4.78 is 0. The molecule has 0 fully saturated rings. The zero-order valence-corrected chi connectivity index (χ0v) is 19.0. The minimum Gasteiger partial charge on any atom is -0.357 e. The monoisotopic (exact) mass is 452 g/mol. The summed E-state index contributed by atoms with van der Waals surface area (Å²) in [5.41, 5.74) is 2.15. The predicted molar refractivity (Wildman–Crippen MR) is 123 cm³/mol. The molecule has 0 aliphatic rings. The summed E-state index contributed by atoms with van der Waals surface area (Å²) in [7, 11) is 1.60. The van der Waals surface area contributed by atoms with Gasteiger partial charge in [-0.3, -0.25) is 9.59 Å². The minimum absolute atomic E-state index is 0.0403. The fourth-order valence-electron chi connectivity index (χ4n) is 3.03. The van der Waals surface area contributed by atoms with Crippen LogP contribution in [-0.4, -0.2) is 42.1 Å². The highest BCUT2D eigenvalue weighted by atomic mass is 35.5. The van der Waals surface area contributed by atoms with E-state index in [2.05, 4.69) is 5.32 Å². The Bertz CT molecular complexity index is 818. The van der Waals surface area contributed by atoms with E-state index in [1.54, 1.807) is 18.0 Å². The van der Waals surface area contributed by atoms with Gasteiger partial charge < -0.3 is 10.2 Å². The fraction of sp³-hybridized carbons (Fsp3) is 0.364. The number of carbonyl (C=O) groups excluding carboxylic acids is 2. The average molecular weight is 453 g/mol. The first kappa shape index (κ1) is 23.6. The zero-order chi connectivity index (χ0) is 21.2. The van der Waals surface area contributed by atoms with E-state index in [1.165, 1.54) is 11.8 Å². The highest BCUT2D eigenvalue weighted by molar-refractivity contribution is 7.99. The zero-order valence-electron chi connectivity index (χ0n) is 16.7. The van der Waals surface area contributed by atoms with Crippen LogP contribution in [-0.2, 0) is 21.8 Å². The number of amides is 2. The van der Waals surface area contributed by atoms with Gasteiger partial charge in [-0.25, -0.2) is 0 Å². The van der Waals surface area contributed by atoms with Crippen molar-refractivity contribution in [3.8, 4) is 0 Å². The Balaban J connectivity index is 2.02. The number of carbonyl (C=O) groups is 2. The largest absolute Gasteiger partial charge is 0.357 e. The first-order valence-electron chi connectivity index (χ1n) is 9.53. The molecular weight excluding hydrogens is 427 g/mol. The van der Waals surface area contributed by atoms with Crippen LogP contribution in [0.3, 0.4) is 0 Å². The summed E-state index contributed by atoms with van der Waals surface area (Å²) in [4.78, 5) is 27.0. The number of nitrogens with zero attached hydrogens (tertiary/aromatic N) is 1. The van der Waals surface area contributed by atoms with Crippen molar-refractivity contribution in [1.82, 2.24) is 10.2 Å². The average Bonchev–Trinajstić information content (AvgIpc) is 2.73. The molecule has 0 aliphatic heterocycles. The molecule has 0 saturated carbocycles. The van der Waals surface area contributed by atoms with Crippen LogP contribution in [0.2, 0.25) is 10.0 Å². The first-order chi connectivity index (χ1) is 14.0. The molecule has 0 heterocycles. The van der Waals surface area contributed by atoms with E-state index >= 15 is 0 Å². The van der Waals surface area contributed by atoms with E-state index in [1.807, 2.05) is 49.4 Å². The fourth-order valence-corrected chi connectivity index (χ4v) is 4.21. The van der Waals surface area contributed by atoms with Crippen LogP contribution in [0.4, 0.5) is 0 Å². The molecule has 156 valence electrons. The van der Waals surface area contributed by atoms with Crippen molar-refractivity contribution in [3.63, 3.8) is 0 Å². The van der Waals surface area contributed by atoms with E-state index in [9.17, 15) is 9.59 Å². The lowest BCUT2D eigenvalue weighted by Gasteiger charge is -2.30. The van der Waals surface area contributed by atoms with Gasteiger partial charge in [0, 0.05) is 19.3 Å². The van der Waals surface area contributed by atoms with Gasteiger partial charge in [0.25, 0.3) is 0 Å². The van der Waals surface area contributed by atoms with Gasteiger partial charge in [0.05, 0.1) is 15.8 Å². The van der Waals surface area contributed by atoms with E-state index in [-0.39, 0.29) is 11.8 Å². The van der Waals surface area contributed by atoms with Gasteiger partial charge in [-0.15, -0.1) is 11.8 Å². The van der Waals surface area contributed by atoms with E-state index in [0.29, 0.717) is 40.9 Å². The molecule has 0 aliphatic carbocycles. The van der Waals surface area contributed by atoms with E-state index in [0.717, 1.165) is 11.1 Å². The number of halogens is 2. The summed E-state index contributed by atoms with van der Waals surface area (Å²) in [5.74, 6) is 0.763. The van der Waals surface area contributed by atoms with Gasteiger partial charge >= 0.3 is 0 Å². The molecule has 1 atom stereocenters. The molecule has 29 heavy (non-hydrogen) atoms. The third-order valence-electron chi connectivity index (χ3n) is 4.59.